The molecule has 4 atom stereocenters. The van der Waals surface area contributed by atoms with Gasteiger partial charge < -0.3 is 20.0 Å². The Balaban J connectivity index is 0.000000151. The Labute approximate surface area is 385 Å². The molecular weight excluding hydrogens is 836 g/mol. The highest BCUT2D eigenvalue weighted by Crippen LogP contribution is 2.34. The predicted molar refractivity (Wildman–Crippen MR) is 252 cm³/mol. The minimum Gasteiger partial charge on any atom is -0.355 e. The topological polar surface area (TPSA) is 164 Å². The third-order valence-electron chi connectivity index (χ3n) is 12.9. The van der Waals surface area contributed by atoms with E-state index in [1.165, 1.54) is 12.8 Å². The number of aryl methyl sites for hydroxylation is 4. The molecule has 8 heterocycles. The lowest BCUT2D eigenvalue weighted by Gasteiger charge is -2.34. The summed E-state index contributed by atoms with van der Waals surface area (Å²) in [5, 5.41) is 31.0. The number of rotatable bonds is 6. The minimum absolute atomic E-state index is 0.0445. The summed E-state index contributed by atoms with van der Waals surface area (Å²) in [6.07, 6.45) is 12.5. The fraction of sp³-hybridized carbons (Fsp3) is 0.440. The Hall–Kier alpha value is -6.35. The number of aromatic nitrogens is 6. The van der Waals surface area contributed by atoms with Crippen LogP contribution in [-0.2, 0) is 0 Å². The molecule has 0 spiro atoms. The first kappa shape index (κ1) is 45.2. The zero-order valence-corrected chi connectivity index (χ0v) is 38.5. The van der Waals surface area contributed by atoms with Crippen LogP contribution in [0.25, 0.3) is 11.3 Å². The Morgan fingerprint density at radius 3 is 1.75 bits per heavy atom. The van der Waals surface area contributed by atoms with Crippen molar-refractivity contribution in [2.24, 2.45) is 11.8 Å². The normalized spacial score (nSPS) is 20.7. The highest BCUT2D eigenvalue weighted by Gasteiger charge is 2.32. The third-order valence-corrected chi connectivity index (χ3v) is 13.1. The largest absolute Gasteiger partial charge is 0.355 e. The zero-order chi connectivity index (χ0) is 45.6. The van der Waals surface area contributed by atoms with Crippen LogP contribution in [0.3, 0.4) is 0 Å². The molecule has 14 nitrogen and oxygen atoms in total. The van der Waals surface area contributed by atoms with Crippen molar-refractivity contribution in [1.82, 2.24) is 39.4 Å². The van der Waals surface area contributed by atoms with E-state index in [9.17, 15) is 14.9 Å². The van der Waals surface area contributed by atoms with E-state index in [1.807, 2.05) is 83.4 Å². The maximum atomic E-state index is 13.3. The Bertz CT molecular complexity index is 2760. The number of fused-ring (bicyclic) bond motifs is 2. The molecular formula is C50H57ClN12O2. The number of nitrogens with one attached hydrogen (secondary N) is 1. The smallest absolute Gasteiger partial charge is 0.254 e. The van der Waals surface area contributed by atoms with E-state index in [2.05, 4.69) is 46.4 Å². The van der Waals surface area contributed by atoms with Gasteiger partial charge in [-0.25, -0.2) is 19.0 Å². The molecule has 6 aromatic rings. The lowest BCUT2D eigenvalue weighted by atomic mass is 9.98. The summed E-state index contributed by atoms with van der Waals surface area (Å²) in [5.41, 5.74) is 9.25. The van der Waals surface area contributed by atoms with Gasteiger partial charge in [0.2, 0.25) is 0 Å². The molecule has 4 aliphatic heterocycles. The fourth-order valence-electron chi connectivity index (χ4n) is 9.43. The molecule has 1 amide bonds. The first-order valence-electron chi connectivity index (χ1n) is 22.9. The van der Waals surface area contributed by atoms with Crippen LogP contribution in [0.5, 0.6) is 0 Å². The van der Waals surface area contributed by atoms with Crippen LogP contribution in [0, 0.1) is 62.2 Å². The number of hydrogen-bond acceptors (Lipinski definition) is 11. The first-order chi connectivity index (χ1) is 31.5. The lowest BCUT2D eigenvalue weighted by Crippen LogP contribution is -2.38. The van der Waals surface area contributed by atoms with Crippen molar-refractivity contribution in [2.45, 2.75) is 91.1 Å². The monoisotopic (exact) mass is 892 g/mol. The second-order valence-corrected chi connectivity index (χ2v) is 18.2. The molecule has 4 aliphatic rings. The van der Waals surface area contributed by atoms with Gasteiger partial charge in [-0.15, -0.1) is 0 Å². The van der Waals surface area contributed by atoms with Gasteiger partial charge in [0, 0.05) is 79.5 Å². The second kappa shape index (κ2) is 20.2. The molecule has 4 fully saturated rings. The van der Waals surface area contributed by atoms with Crippen molar-refractivity contribution in [3.8, 4) is 12.1 Å². The van der Waals surface area contributed by atoms with Crippen LogP contribution in [-0.4, -0.2) is 84.5 Å². The molecule has 2 aromatic carbocycles. The Morgan fingerprint density at radius 2 is 1.23 bits per heavy atom. The van der Waals surface area contributed by atoms with Crippen LogP contribution >= 0.6 is 11.6 Å². The van der Waals surface area contributed by atoms with Crippen molar-refractivity contribution >= 4 is 45.7 Å². The van der Waals surface area contributed by atoms with Crippen molar-refractivity contribution in [1.29, 1.82) is 10.5 Å². The molecule has 0 aliphatic carbocycles. The van der Waals surface area contributed by atoms with E-state index in [0.717, 1.165) is 140 Å². The van der Waals surface area contributed by atoms with E-state index < -0.39 is 5.24 Å². The molecule has 0 bridgehead atoms. The number of halogens is 1. The van der Waals surface area contributed by atoms with Gasteiger partial charge in [-0.1, -0.05) is 47.9 Å². The molecule has 0 radical (unpaired) electrons. The number of carbonyl (C=O) groups excluding carboxylic acids is 2. The van der Waals surface area contributed by atoms with Gasteiger partial charge in [0.05, 0.1) is 47.4 Å². The highest BCUT2D eigenvalue weighted by molar-refractivity contribution is 6.67. The fourth-order valence-corrected chi connectivity index (χ4v) is 9.54. The maximum absolute atomic E-state index is 13.3. The summed E-state index contributed by atoms with van der Waals surface area (Å²) in [7, 11) is 0. The summed E-state index contributed by atoms with van der Waals surface area (Å²) < 4.78 is 3.72. The number of nitrogens with zero attached hydrogens (tertiary/aromatic N) is 11. The van der Waals surface area contributed by atoms with E-state index in [1.54, 1.807) is 12.1 Å². The summed E-state index contributed by atoms with van der Waals surface area (Å²) in [6.45, 7) is 13.1. The molecule has 4 aromatic heterocycles. The number of carbonyl (C=O) groups is 2. The van der Waals surface area contributed by atoms with Gasteiger partial charge in [-0.05, 0) is 109 Å². The van der Waals surface area contributed by atoms with Gasteiger partial charge >= 0.3 is 0 Å². The quantitative estimate of drug-likeness (QED) is 0.159. The summed E-state index contributed by atoms with van der Waals surface area (Å²) in [6, 6.07) is 24.2. The van der Waals surface area contributed by atoms with E-state index in [-0.39, 0.29) is 23.8 Å². The van der Waals surface area contributed by atoms with E-state index in [0.29, 0.717) is 11.6 Å². The number of piperidine rings is 2. The zero-order valence-electron chi connectivity index (χ0n) is 37.8. The van der Waals surface area contributed by atoms with Crippen LogP contribution < -0.4 is 15.1 Å². The van der Waals surface area contributed by atoms with Gasteiger partial charge in [0.1, 0.15) is 11.6 Å². The number of hydrogen-bond donors (Lipinski definition) is 1. The van der Waals surface area contributed by atoms with Crippen molar-refractivity contribution < 1.29 is 9.59 Å². The Morgan fingerprint density at radius 1 is 0.677 bits per heavy atom. The molecule has 0 unspecified atom stereocenters. The molecule has 0 saturated carbocycles. The summed E-state index contributed by atoms with van der Waals surface area (Å²) in [5.74, 6) is 2.19. The lowest BCUT2D eigenvalue weighted by molar-refractivity contribution is 0.0605. The van der Waals surface area contributed by atoms with Gasteiger partial charge in [-0.2, -0.15) is 20.7 Å². The predicted octanol–water partition coefficient (Wildman–Crippen LogP) is 8.64. The van der Waals surface area contributed by atoms with Gasteiger partial charge in [0.25, 0.3) is 11.1 Å². The van der Waals surface area contributed by atoms with E-state index >= 15 is 0 Å². The average Bonchev–Trinajstić information content (AvgIpc) is 4.16. The molecule has 65 heavy (non-hydrogen) atoms. The SMILES string of the molecule is Cc1cccc(C(=O)Cl)c1.Cc1cccc(C(=O)N2CCCC[C@H]2c2cc3nc(N4CC[C@H](C#N)C4)c(C)cn3n2)c1.Cc1cn2nc([C@@H]3CCCCN3)cc2nc1N1CC[C@H](C#N)C1. The van der Waals surface area contributed by atoms with Crippen LogP contribution in [0.2, 0.25) is 0 Å². The molecule has 15 heteroatoms. The summed E-state index contributed by atoms with van der Waals surface area (Å²) >= 11 is 5.24. The molecule has 10 rings (SSSR count). The van der Waals surface area contributed by atoms with Crippen LogP contribution in [0.4, 0.5) is 11.6 Å². The number of amides is 1. The number of benzene rings is 2. The number of likely N-dealkylation sites (tertiary alicyclic amines) is 1. The molecule has 336 valence electrons. The van der Waals surface area contributed by atoms with Crippen molar-refractivity contribution in [3.05, 3.63) is 118 Å². The van der Waals surface area contributed by atoms with Crippen molar-refractivity contribution in [3.63, 3.8) is 0 Å². The van der Waals surface area contributed by atoms with Crippen LogP contribution in [0.1, 0.15) is 118 Å². The molecule has 4 saturated heterocycles. The first-order valence-corrected chi connectivity index (χ1v) is 23.3. The Kier molecular flexibility index (Phi) is 14.1. The number of nitriles is 2. The average molecular weight is 894 g/mol. The van der Waals surface area contributed by atoms with E-state index in [4.69, 9.17) is 37.0 Å². The number of anilines is 2. The summed E-state index contributed by atoms with van der Waals surface area (Å²) in [4.78, 5) is 40.0. The highest BCUT2D eigenvalue weighted by atomic mass is 35.5. The maximum Gasteiger partial charge on any atom is 0.254 e. The third kappa shape index (κ3) is 10.5. The van der Waals surface area contributed by atoms with Crippen LogP contribution in [0.15, 0.2) is 73.1 Å². The van der Waals surface area contributed by atoms with Gasteiger partial charge in [-0.3, -0.25) is 9.59 Å². The standard InChI is InChI=1S/C25H28N6O.C17H22N6.C8H7ClO/c1-17-6-5-7-20(12-17)25(32)30-10-4-3-8-22(30)21-13-23-27-24(18(2)15-31(23)28-21)29-11-9-19(14-26)16-29;1-12-10-23-16(8-15(21-23)14-4-2-3-6-19-14)20-17(12)22-7-5-13(9-18)11-22;1-6-3-2-4-7(5-6)8(9)10/h5-7,12-13,15,19,22H,3-4,8-11,16H2,1-2H3;8,10,13-14,19H,2-7,11H2,1H3;2-5H,1H3/t19-,22+;13-,14+;/m11./s1. The second-order valence-electron chi connectivity index (χ2n) is 17.9. The minimum atomic E-state index is -0.399. The molecule has 1 N–H and O–H groups in total. The van der Waals surface area contributed by atoms with Gasteiger partial charge in [0.15, 0.2) is 11.3 Å². The van der Waals surface area contributed by atoms with Crippen molar-refractivity contribution in [2.75, 3.05) is 49.1 Å².